The molecule has 0 amide bonds. The van der Waals surface area contributed by atoms with Crippen molar-refractivity contribution in [3.05, 3.63) is 95.1 Å². The van der Waals surface area contributed by atoms with E-state index >= 15 is 4.79 Å². The van der Waals surface area contributed by atoms with Crippen LogP contribution < -0.4 is 15.8 Å². The van der Waals surface area contributed by atoms with E-state index in [1.807, 2.05) is 30.3 Å². The number of aliphatic hydroxyl groups is 3. The lowest BCUT2D eigenvalue weighted by Gasteiger charge is -2.65. The number of aliphatic carboxylic acids is 1. The number of nitrogens with one attached hydrogen (secondary N) is 1. The molecule has 2 saturated heterocycles. The van der Waals surface area contributed by atoms with Crippen LogP contribution in [0.3, 0.4) is 0 Å². The molecule has 16 nitrogen and oxygen atoms in total. The number of hydrogen-bond donors (Lipinski definition) is 9. The van der Waals surface area contributed by atoms with Gasteiger partial charge in [0.2, 0.25) is 0 Å². The van der Waals surface area contributed by atoms with Crippen LogP contribution in [0.2, 0.25) is 0 Å². The number of carbonyl (C=O) groups excluding carboxylic acids is 2. The molecule has 7 rings (SSSR count). The maximum Gasteiger partial charge on any atom is 0.336 e. The second-order valence-electron chi connectivity index (χ2n) is 18.1. The Morgan fingerprint density at radius 2 is 1.68 bits per heavy atom. The minimum atomic E-state index is -2.27. The van der Waals surface area contributed by atoms with Gasteiger partial charge < -0.3 is 65.7 Å². The number of fused-ring (bicyclic) bond motifs is 1. The lowest BCUT2D eigenvalue weighted by Crippen LogP contribution is -2.80. The molecule has 0 unspecified atom stereocenters. The Kier molecular flexibility index (Phi) is 15.7. The lowest BCUT2D eigenvalue weighted by molar-refractivity contribution is -0.345. The number of phenolic OH excluding ortho intramolecular Hbond substituents is 3. The molecule has 2 saturated carbocycles. The second-order valence-corrected chi connectivity index (χ2v) is 18.1. The Morgan fingerprint density at radius 3 is 2.38 bits per heavy atom. The highest BCUT2D eigenvalue weighted by atomic mass is 16.6. The fraction of sp³-hybridized carbons (Fsp3) is 0.500. The molecule has 4 aliphatic rings. The molecule has 2 bridgehead atoms. The molecule has 10 N–H and O–H groups in total. The summed E-state index contributed by atoms with van der Waals surface area (Å²) >= 11 is 0. The first-order valence-electron chi connectivity index (χ1n) is 22.8. The van der Waals surface area contributed by atoms with Crippen LogP contribution in [0.1, 0.15) is 73.6 Å². The zero-order valence-corrected chi connectivity index (χ0v) is 36.9. The van der Waals surface area contributed by atoms with E-state index in [1.54, 1.807) is 6.07 Å². The van der Waals surface area contributed by atoms with Gasteiger partial charge in [0.25, 0.3) is 0 Å². The largest absolute Gasteiger partial charge is 0.504 e. The highest BCUT2D eigenvalue weighted by molar-refractivity contribution is 6.01. The predicted octanol–water partition coefficient (Wildman–Crippen LogP) is 3.80. The summed E-state index contributed by atoms with van der Waals surface area (Å²) in [6, 6.07) is 16.7. The zero-order valence-electron chi connectivity index (χ0n) is 36.9. The molecular formula is C50H62N2O14. The minimum Gasteiger partial charge on any atom is -0.504 e. The summed E-state index contributed by atoms with van der Waals surface area (Å²) in [4.78, 5) is 42.7. The topological polar surface area (TPSA) is 268 Å². The number of carboxylic acids is 1. The van der Waals surface area contributed by atoms with Crippen LogP contribution in [0.5, 0.6) is 23.0 Å². The van der Waals surface area contributed by atoms with Crippen LogP contribution in [0.15, 0.2) is 72.8 Å². The molecule has 8 atom stereocenters. The lowest BCUT2D eigenvalue weighted by atomic mass is 9.55. The number of aromatic hydroxyl groups is 3. The number of ether oxygens (including phenoxy) is 4. The van der Waals surface area contributed by atoms with E-state index in [0.29, 0.717) is 18.4 Å². The van der Waals surface area contributed by atoms with Crippen LogP contribution >= 0.6 is 0 Å². The van der Waals surface area contributed by atoms with Crippen molar-refractivity contribution in [2.75, 3.05) is 39.5 Å². The molecule has 356 valence electrons. The Bertz CT molecular complexity index is 2250. The van der Waals surface area contributed by atoms with Crippen LogP contribution in [-0.4, -0.2) is 128 Å². The Morgan fingerprint density at radius 1 is 0.924 bits per heavy atom. The smallest absolute Gasteiger partial charge is 0.336 e. The van der Waals surface area contributed by atoms with Gasteiger partial charge in [0, 0.05) is 44.0 Å². The summed E-state index contributed by atoms with van der Waals surface area (Å²) < 4.78 is 25.8. The third-order valence-electron chi connectivity index (χ3n) is 14.0. The van der Waals surface area contributed by atoms with E-state index in [2.05, 4.69) is 5.32 Å². The number of aliphatic hydroxyl groups excluding tert-OH is 3. The first kappa shape index (κ1) is 48.8. The third-order valence-corrected chi connectivity index (χ3v) is 14.0. The van der Waals surface area contributed by atoms with Gasteiger partial charge in [0.05, 0.1) is 19.3 Å². The number of aryl methyl sites for hydroxylation is 1. The number of ketones is 2. The first-order valence-corrected chi connectivity index (χ1v) is 22.8. The van der Waals surface area contributed by atoms with Gasteiger partial charge in [-0.15, -0.1) is 0 Å². The summed E-state index contributed by atoms with van der Waals surface area (Å²) in [5.74, 6) is -6.09. The van der Waals surface area contributed by atoms with Gasteiger partial charge in [-0.25, -0.2) is 4.79 Å². The molecule has 0 spiro atoms. The Hall–Kier alpha value is -5.17. The molecule has 2 aliphatic heterocycles. The highest BCUT2D eigenvalue weighted by Gasteiger charge is 2.73. The fourth-order valence-corrected chi connectivity index (χ4v) is 10.6. The number of phenols is 3. The number of carboxylic acid groups (broad SMARTS) is 1. The van der Waals surface area contributed by atoms with E-state index in [0.717, 1.165) is 31.2 Å². The normalized spacial score (nSPS) is 28.9. The van der Waals surface area contributed by atoms with E-state index in [-0.39, 0.29) is 73.7 Å². The molecule has 3 aromatic carbocycles. The van der Waals surface area contributed by atoms with Crippen molar-refractivity contribution < 1.29 is 69.1 Å². The summed E-state index contributed by atoms with van der Waals surface area (Å²) in [7, 11) is 0. The molecule has 0 radical (unpaired) electrons. The van der Waals surface area contributed by atoms with Crippen molar-refractivity contribution in [2.45, 2.75) is 99.4 Å². The van der Waals surface area contributed by atoms with Gasteiger partial charge >= 0.3 is 5.97 Å². The molecule has 2 heterocycles. The summed E-state index contributed by atoms with van der Waals surface area (Å²) in [5.41, 5.74) is 1.61. The van der Waals surface area contributed by atoms with Gasteiger partial charge in [-0.2, -0.15) is 0 Å². The monoisotopic (exact) mass is 914 g/mol. The van der Waals surface area contributed by atoms with Crippen LogP contribution in [0.25, 0.3) is 12.2 Å². The number of rotatable bonds is 20. The molecule has 0 aromatic heterocycles. The average Bonchev–Trinajstić information content (AvgIpc) is 3.84. The molecule has 16 heteroatoms. The van der Waals surface area contributed by atoms with E-state index in [4.69, 9.17) is 24.7 Å². The summed E-state index contributed by atoms with van der Waals surface area (Å²) in [6.07, 6.45) is 6.72. The molecule has 2 aliphatic carbocycles. The molecule has 3 aromatic rings. The number of nitrogens with two attached hydrogens (primary N) is 1. The molecule has 4 fully saturated rings. The first-order chi connectivity index (χ1) is 31.8. The van der Waals surface area contributed by atoms with Crippen LogP contribution in [0, 0.1) is 17.8 Å². The van der Waals surface area contributed by atoms with E-state index in [1.165, 1.54) is 48.6 Å². The summed E-state index contributed by atoms with van der Waals surface area (Å²) in [6.45, 7) is -1.41. The van der Waals surface area contributed by atoms with Crippen molar-refractivity contribution in [1.29, 1.82) is 0 Å². The Labute approximate surface area is 383 Å². The summed E-state index contributed by atoms with van der Waals surface area (Å²) in [5, 5.41) is 79.6. The molecule has 66 heavy (non-hydrogen) atoms. The quantitative estimate of drug-likeness (QED) is 0.0577. The average molecular weight is 915 g/mol. The maximum absolute atomic E-state index is 15.3. The van der Waals surface area contributed by atoms with Gasteiger partial charge in [-0.05, 0) is 103 Å². The van der Waals surface area contributed by atoms with Crippen molar-refractivity contribution >= 4 is 29.7 Å². The van der Waals surface area contributed by atoms with Crippen LogP contribution in [0.4, 0.5) is 0 Å². The zero-order chi connectivity index (χ0) is 47.1. The predicted molar refractivity (Wildman–Crippen MR) is 241 cm³/mol. The van der Waals surface area contributed by atoms with Gasteiger partial charge in [-0.3, -0.25) is 9.59 Å². The molecular weight excluding hydrogens is 853 g/mol. The third kappa shape index (κ3) is 10.2. The van der Waals surface area contributed by atoms with E-state index in [9.17, 15) is 45.3 Å². The standard InChI is InChI=1S/C50H62N2O14/c51-18-19-63-43-16-13-32(20-41(43)58)12-15-38(55)29-65-49(47(61)62)25-42(59)46-50(30-52-37-8-4-5-9-37)44(49)23-36(27-54)48(66-50,24-33(28-64-46)11-10-31-6-2-1-3-7-31)45(60)17-14-34-21-39(56)40(57)22-35(34)26-53/h1-3,6-7,12-17,20-22,33,36-37,42,44,46,52-54,56-59H,4-5,8-11,18-19,23-30,51H2,(H,61,62)/b15-12+,17-14+/t33-,36-,42-,44-,46-,48-,49+,50-/m1/s1. The number of carbonyl (C=O) groups is 3. The van der Waals surface area contributed by atoms with Crippen LogP contribution in [-0.2, 0) is 41.6 Å². The van der Waals surface area contributed by atoms with Crippen molar-refractivity contribution in [3.8, 4) is 23.0 Å². The fourth-order valence-electron chi connectivity index (χ4n) is 10.6. The van der Waals surface area contributed by atoms with E-state index < -0.39 is 96.1 Å². The van der Waals surface area contributed by atoms with Gasteiger partial charge in [-0.1, -0.05) is 61.4 Å². The van der Waals surface area contributed by atoms with Gasteiger partial charge in [0.15, 0.2) is 40.2 Å². The maximum atomic E-state index is 15.3. The SMILES string of the molecule is NCCOc1ccc(/C=C/C(=O)CO[C@@]2(C(=O)O)C[C@@H](O)[C@H]3OC[C@H](CCc4ccccc4)C[C@@]4(C(=O)/C=C/c5cc(O)c(O)cc5CO)O[C@]3(CNC3CCCC3)[C@@H]2C[C@@H]4CO)cc1O. The number of hydrogen-bond acceptors (Lipinski definition) is 15. The van der Waals surface area contributed by atoms with Crippen molar-refractivity contribution in [2.24, 2.45) is 23.5 Å². The minimum absolute atomic E-state index is 0.0112. The Balaban J connectivity index is 1.28. The number of benzene rings is 3. The highest BCUT2D eigenvalue weighted by Crippen LogP contribution is 2.58. The van der Waals surface area contributed by atoms with Gasteiger partial charge in [0.1, 0.15) is 30.5 Å². The second kappa shape index (κ2) is 21.2. The van der Waals surface area contributed by atoms with Crippen molar-refractivity contribution in [3.63, 3.8) is 0 Å². The van der Waals surface area contributed by atoms with Crippen molar-refractivity contribution in [1.82, 2.24) is 5.32 Å².